The molecular formula is C17H19ClFN3O2. The number of nitrogens with one attached hydrogen (secondary N) is 1. The summed E-state index contributed by atoms with van der Waals surface area (Å²) in [6.07, 6.45) is 0. The van der Waals surface area contributed by atoms with Crippen LogP contribution in [0, 0.1) is 19.7 Å². The standard InChI is InChI=1S/C17H19ClFN3O2/c1-10-7-11(2)20-16(18)15(10)21-17(23)22(3)9-12-5-6-14(24-4)13(19)8-12/h5-8H,9H2,1-4H3,(H,21,23). The number of benzene rings is 1. The summed E-state index contributed by atoms with van der Waals surface area (Å²) in [6, 6.07) is 6.05. The molecule has 2 rings (SSSR count). The van der Waals surface area contributed by atoms with Crippen LogP contribution in [-0.2, 0) is 6.54 Å². The van der Waals surface area contributed by atoms with E-state index >= 15 is 0 Å². The molecule has 24 heavy (non-hydrogen) atoms. The van der Waals surface area contributed by atoms with Crippen LogP contribution in [0.4, 0.5) is 14.9 Å². The van der Waals surface area contributed by atoms with Gasteiger partial charge < -0.3 is 15.0 Å². The maximum absolute atomic E-state index is 13.7. The van der Waals surface area contributed by atoms with Crippen LogP contribution in [-0.4, -0.2) is 30.1 Å². The van der Waals surface area contributed by atoms with Crippen molar-refractivity contribution in [3.63, 3.8) is 0 Å². The van der Waals surface area contributed by atoms with Crippen molar-refractivity contribution in [3.05, 3.63) is 52.1 Å². The zero-order valence-corrected chi connectivity index (χ0v) is 14.7. The monoisotopic (exact) mass is 351 g/mol. The maximum Gasteiger partial charge on any atom is 0.321 e. The Balaban J connectivity index is 2.09. The molecule has 1 heterocycles. The van der Waals surface area contributed by atoms with E-state index in [2.05, 4.69) is 10.3 Å². The number of aryl methyl sites for hydroxylation is 2. The van der Waals surface area contributed by atoms with Crippen molar-refractivity contribution in [2.75, 3.05) is 19.5 Å². The number of rotatable bonds is 4. The minimum Gasteiger partial charge on any atom is -0.494 e. The minimum atomic E-state index is -0.467. The third-order valence-electron chi connectivity index (χ3n) is 3.52. The number of amides is 2. The summed E-state index contributed by atoms with van der Waals surface area (Å²) in [7, 11) is 3.02. The fraction of sp³-hybridized carbons (Fsp3) is 0.294. The maximum atomic E-state index is 13.7. The van der Waals surface area contributed by atoms with Crippen LogP contribution in [0.2, 0.25) is 5.15 Å². The molecule has 0 aliphatic rings. The van der Waals surface area contributed by atoms with Gasteiger partial charge in [0.1, 0.15) is 0 Å². The first-order chi connectivity index (χ1) is 11.3. The molecule has 0 aliphatic carbocycles. The topological polar surface area (TPSA) is 54.5 Å². The van der Waals surface area contributed by atoms with Gasteiger partial charge in [-0.1, -0.05) is 17.7 Å². The van der Waals surface area contributed by atoms with Crippen LogP contribution < -0.4 is 10.1 Å². The minimum absolute atomic E-state index is 0.166. The Bertz CT molecular complexity index is 744. The lowest BCUT2D eigenvalue weighted by Gasteiger charge is -2.19. The molecule has 1 aromatic heterocycles. The summed E-state index contributed by atoms with van der Waals surface area (Å²) in [4.78, 5) is 17.9. The Morgan fingerprint density at radius 1 is 1.38 bits per heavy atom. The molecule has 1 N–H and O–H groups in total. The molecule has 0 saturated carbocycles. The third-order valence-corrected chi connectivity index (χ3v) is 3.79. The molecular weight excluding hydrogens is 333 g/mol. The summed E-state index contributed by atoms with van der Waals surface area (Å²) in [5.41, 5.74) is 2.72. The van der Waals surface area contributed by atoms with Gasteiger partial charge in [-0.25, -0.2) is 14.2 Å². The lowest BCUT2D eigenvalue weighted by Crippen LogP contribution is -2.31. The molecule has 1 aromatic carbocycles. The Morgan fingerprint density at radius 3 is 2.67 bits per heavy atom. The van der Waals surface area contributed by atoms with Crippen LogP contribution >= 0.6 is 11.6 Å². The van der Waals surface area contributed by atoms with Gasteiger partial charge in [-0.15, -0.1) is 0 Å². The largest absolute Gasteiger partial charge is 0.494 e. The van der Waals surface area contributed by atoms with Gasteiger partial charge in [-0.2, -0.15) is 0 Å². The Kier molecular flexibility index (Phi) is 5.62. The summed E-state index contributed by atoms with van der Waals surface area (Å²) < 4.78 is 18.6. The van der Waals surface area contributed by atoms with Crippen LogP contribution in [0.25, 0.3) is 0 Å². The Labute approximate surface area is 145 Å². The van der Waals surface area contributed by atoms with Gasteiger partial charge >= 0.3 is 6.03 Å². The molecule has 0 atom stereocenters. The number of carbonyl (C=O) groups excluding carboxylic acids is 1. The van der Waals surface area contributed by atoms with Crippen molar-refractivity contribution in [3.8, 4) is 5.75 Å². The zero-order chi connectivity index (χ0) is 17.9. The number of ether oxygens (including phenoxy) is 1. The first-order valence-corrected chi connectivity index (χ1v) is 7.68. The highest BCUT2D eigenvalue weighted by Gasteiger charge is 2.15. The SMILES string of the molecule is COc1ccc(CN(C)C(=O)Nc2c(C)cc(C)nc2Cl)cc1F. The molecule has 2 aromatic rings. The highest BCUT2D eigenvalue weighted by Crippen LogP contribution is 2.25. The van der Waals surface area contributed by atoms with Crippen molar-refractivity contribution in [2.45, 2.75) is 20.4 Å². The number of urea groups is 1. The average Bonchev–Trinajstić information content (AvgIpc) is 2.50. The number of pyridine rings is 1. The molecule has 7 heteroatoms. The fourth-order valence-electron chi connectivity index (χ4n) is 2.30. The van der Waals surface area contributed by atoms with E-state index in [0.717, 1.165) is 11.3 Å². The molecule has 5 nitrogen and oxygen atoms in total. The number of hydrogen-bond acceptors (Lipinski definition) is 3. The molecule has 2 amide bonds. The van der Waals surface area contributed by atoms with Crippen molar-refractivity contribution in [2.24, 2.45) is 0 Å². The number of aromatic nitrogens is 1. The summed E-state index contributed by atoms with van der Waals surface area (Å²) in [5.74, 6) is -0.301. The number of carbonyl (C=O) groups is 1. The summed E-state index contributed by atoms with van der Waals surface area (Å²) in [6.45, 7) is 3.91. The third kappa shape index (κ3) is 4.14. The first-order valence-electron chi connectivity index (χ1n) is 7.30. The molecule has 0 spiro atoms. The van der Waals surface area contributed by atoms with Gasteiger partial charge in [0.2, 0.25) is 0 Å². The molecule has 0 unspecified atom stereocenters. The second-order valence-corrected chi connectivity index (χ2v) is 5.86. The normalized spacial score (nSPS) is 10.4. The Morgan fingerprint density at radius 2 is 2.08 bits per heavy atom. The van der Waals surface area contributed by atoms with E-state index in [1.165, 1.54) is 24.1 Å². The van der Waals surface area contributed by atoms with Crippen molar-refractivity contribution in [1.29, 1.82) is 0 Å². The van der Waals surface area contributed by atoms with E-state index < -0.39 is 5.82 Å². The first kappa shape index (κ1) is 18.0. The van der Waals surface area contributed by atoms with Crippen LogP contribution in [0.1, 0.15) is 16.8 Å². The van der Waals surface area contributed by atoms with Crippen LogP contribution in [0.5, 0.6) is 5.75 Å². The highest BCUT2D eigenvalue weighted by molar-refractivity contribution is 6.32. The lowest BCUT2D eigenvalue weighted by atomic mass is 10.2. The van der Waals surface area contributed by atoms with Gasteiger partial charge in [-0.3, -0.25) is 0 Å². The average molecular weight is 352 g/mol. The smallest absolute Gasteiger partial charge is 0.321 e. The quantitative estimate of drug-likeness (QED) is 0.841. The van der Waals surface area contributed by atoms with E-state index in [0.29, 0.717) is 11.3 Å². The molecule has 128 valence electrons. The summed E-state index contributed by atoms with van der Waals surface area (Å²) >= 11 is 6.09. The van der Waals surface area contributed by atoms with Gasteiger partial charge in [-0.05, 0) is 43.2 Å². The van der Waals surface area contributed by atoms with Gasteiger partial charge in [0.25, 0.3) is 0 Å². The van der Waals surface area contributed by atoms with Crippen molar-refractivity contribution < 1.29 is 13.9 Å². The predicted molar refractivity (Wildman–Crippen MR) is 92.2 cm³/mol. The lowest BCUT2D eigenvalue weighted by molar-refractivity contribution is 0.220. The molecule has 0 aliphatic heterocycles. The number of nitrogens with zero attached hydrogens (tertiary/aromatic N) is 2. The van der Waals surface area contributed by atoms with Crippen LogP contribution in [0.3, 0.4) is 0 Å². The number of hydrogen-bond donors (Lipinski definition) is 1. The van der Waals surface area contributed by atoms with Crippen LogP contribution in [0.15, 0.2) is 24.3 Å². The number of anilines is 1. The fourth-order valence-corrected chi connectivity index (χ4v) is 2.63. The predicted octanol–water partition coefficient (Wildman–Crippen LogP) is 4.16. The van der Waals surface area contributed by atoms with E-state index in [4.69, 9.17) is 16.3 Å². The second-order valence-electron chi connectivity index (χ2n) is 5.50. The molecule has 0 radical (unpaired) electrons. The molecule has 0 saturated heterocycles. The van der Waals surface area contributed by atoms with E-state index in [1.807, 2.05) is 19.9 Å². The van der Waals surface area contributed by atoms with Gasteiger partial charge in [0.05, 0.1) is 12.8 Å². The zero-order valence-electron chi connectivity index (χ0n) is 14.0. The second kappa shape index (κ2) is 7.49. The van der Waals surface area contributed by atoms with Crippen molar-refractivity contribution >= 4 is 23.3 Å². The van der Waals surface area contributed by atoms with E-state index in [1.54, 1.807) is 13.1 Å². The van der Waals surface area contributed by atoms with Gasteiger partial charge in [0.15, 0.2) is 16.7 Å². The highest BCUT2D eigenvalue weighted by atomic mass is 35.5. The summed E-state index contributed by atoms with van der Waals surface area (Å²) in [5, 5.41) is 2.98. The number of halogens is 2. The molecule has 0 bridgehead atoms. The van der Waals surface area contributed by atoms with E-state index in [9.17, 15) is 9.18 Å². The van der Waals surface area contributed by atoms with Crippen molar-refractivity contribution in [1.82, 2.24) is 9.88 Å². The number of methoxy groups -OCH3 is 1. The van der Waals surface area contributed by atoms with Gasteiger partial charge in [0, 0.05) is 19.3 Å². The molecule has 0 fully saturated rings. The van der Waals surface area contributed by atoms with E-state index in [-0.39, 0.29) is 23.5 Å². The Hall–Kier alpha value is -2.34.